The van der Waals surface area contributed by atoms with Crippen LogP contribution in [0.2, 0.25) is 0 Å². The number of hydrogen-bond acceptors (Lipinski definition) is 2. The van der Waals surface area contributed by atoms with Crippen molar-refractivity contribution in [2.45, 2.75) is 39.7 Å². The van der Waals surface area contributed by atoms with E-state index in [1.54, 1.807) is 0 Å². The van der Waals surface area contributed by atoms with Crippen molar-refractivity contribution >= 4 is 22.7 Å². The van der Waals surface area contributed by atoms with Gasteiger partial charge in [0.1, 0.15) is 0 Å². The lowest BCUT2D eigenvalue weighted by atomic mass is 10.0. The predicted octanol–water partition coefficient (Wildman–Crippen LogP) is 4.13. The molecule has 2 amide bonds. The van der Waals surface area contributed by atoms with E-state index in [1.165, 1.54) is 5.56 Å². The van der Waals surface area contributed by atoms with Crippen LogP contribution in [0.4, 0.5) is 0 Å². The number of amides is 2. The topological polar surface area (TPSA) is 65.2 Å². The molecule has 3 aromatic rings. The molecule has 1 aliphatic rings. The Morgan fingerprint density at radius 1 is 1.03 bits per heavy atom. The molecule has 0 saturated carbocycles. The molecule has 0 unspecified atom stereocenters. The van der Waals surface area contributed by atoms with Gasteiger partial charge in [0.05, 0.1) is 0 Å². The van der Waals surface area contributed by atoms with Crippen molar-refractivity contribution in [2.24, 2.45) is 0 Å². The summed E-state index contributed by atoms with van der Waals surface area (Å²) < 4.78 is 0. The third-order valence-electron chi connectivity index (χ3n) is 6.06. The van der Waals surface area contributed by atoms with E-state index in [9.17, 15) is 9.59 Å². The predicted molar refractivity (Wildman–Crippen MR) is 115 cm³/mol. The third-order valence-corrected chi connectivity index (χ3v) is 6.06. The van der Waals surface area contributed by atoms with Gasteiger partial charge in [0.15, 0.2) is 0 Å². The minimum atomic E-state index is -0.0309. The molecule has 5 nitrogen and oxygen atoms in total. The molecule has 0 atom stereocenters. The molecule has 0 aliphatic carbocycles. The van der Waals surface area contributed by atoms with Crippen molar-refractivity contribution < 1.29 is 9.59 Å². The highest BCUT2D eigenvalue weighted by Gasteiger charge is 2.25. The zero-order valence-corrected chi connectivity index (χ0v) is 17.2. The first-order valence-electron chi connectivity index (χ1n) is 10.2. The molecule has 0 bridgehead atoms. The molecular formula is C24H27N3O2. The summed E-state index contributed by atoms with van der Waals surface area (Å²) in [5.41, 5.74) is 5.80. The van der Waals surface area contributed by atoms with Gasteiger partial charge in [-0.3, -0.25) is 9.59 Å². The summed E-state index contributed by atoms with van der Waals surface area (Å²) in [4.78, 5) is 30.8. The first kappa shape index (κ1) is 19.2. The highest BCUT2D eigenvalue weighted by molar-refractivity contribution is 5.99. The number of aromatic amines is 1. The monoisotopic (exact) mass is 389 g/mol. The van der Waals surface area contributed by atoms with Gasteiger partial charge in [-0.25, -0.2) is 0 Å². The van der Waals surface area contributed by atoms with Crippen molar-refractivity contribution in [1.29, 1.82) is 0 Å². The second-order valence-electron chi connectivity index (χ2n) is 7.99. The summed E-state index contributed by atoms with van der Waals surface area (Å²) in [6.45, 7) is 7.38. The fourth-order valence-corrected chi connectivity index (χ4v) is 4.09. The molecular weight excluding hydrogens is 362 g/mol. The Hall–Kier alpha value is -3.08. The molecule has 0 spiro atoms. The summed E-state index contributed by atoms with van der Waals surface area (Å²) in [6.07, 6.45) is 1.54. The van der Waals surface area contributed by atoms with Crippen LogP contribution < -0.4 is 5.32 Å². The van der Waals surface area contributed by atoms with E-state index in [1.807, 2.05) is 61.2 Å². The van der Waals surface area contributed by atoms with Gasteiger partial charge in [-0.15, -0.1) is 0 Å². The van der Waals surface area contributed by atoms with Gasteiger partial charge >= 0.3 is 0 Å². The van der Waals surface area contributed by atoms with Crippen LogP contribution in [0.3, 0.4) is 0 Å². The number of nitrogens with zero attached hydrogens (tertiary/aromatic N) is 1. The minimum Gasteiger partial charge on any atom is -0.358 e. The fourth-order valence-electron chi connectivity index (χ4n) is 4.09. The number of carbonyl (C=O) groups is 2. The molecule has 4 rings (SSSR count). The van der Waals surface area contributed by atoms with E-state index in [4.69, 9.17) is 0 Å². The number of carbonyl (C=O) groups excluding carboxylic acids is 2. The number of benzene rings is 2. The third kappa shape index (κ3) is 3.77. The maximum absolute atomic E-state index is 13.0. The molecule has 1 fully saturated rings. The standard InChI is InChI=1S/C24H27N3O2/c1-15-6-4-5-7-20(15)23(28)26-19-10-12-27(13-11-19)24(29)18-8-9-22-21(14-18)16(2)17(3)25-22/h4-9,14,19,25H,10-13H2,1-3H3,(H,26,28). The van der Waals surface area contributed by atoms with Crippen LogP contribution in [0, 0.1) is 20.8 Å². The average Bonchev–Trinajstić information content (AvgIpc) is 3.01. The summed E-state index contributed by atoms with van der Waals surface area (Å²) in [5, 5.41) is 4.23. The zero-order valence-electron chi connectivity index (χ0n) is 17.2. The van der Waals surface area contributed by atoms with Gasteiger partial charge in [-0.1, -0.05) is 18.2 Å². The molecule has 1 aromatic heterocycles. The molecule has 29 heavy (non-hydrogen) atoms. The largest absolute Gasteiger partial charge is 0.358 e. The highest BCUT2D eigenvalue weighted by atomic mass is 16.2. The van der Waals surface area contributed by atoms with Crippen LogP contribution in [0.1, 0.15) is 50.4 Å². The molecule has 150 valence electrons. The van der Waals surface area contributed by atoms with Crippen LogP contribution in [-0.2, 0) is 0 Å². The van der Waals surface area contributed by atoms with E-state index in [0.29, 0.717) is 13.1 Å². The number of piperidine rings is 1. The molecule has 0 radical (unpaired) electrons. The normalized spacial score (nSPS) is 14.9. The van der Waals surface area contributed by atoms with E-state index < -0.39 is 0 Å². The number of aromatic nitrogens is 1. The lowest BCUT2D eigenvalue weighted by Crippen LogP contribution is -2.46. The van der Waals surface area contributed by atoms with Gasteiger partial charge in [-0.2, -0.15) is 0 Å². The second-order valence-corrected chi connectivity index (χ2v) is 7.99. The Morgan fingerprint density at radius 2 is 1.76 bits per heavy atom. The van der Waals surface area contributed by atoms with E-state index >= 15 is 0 Å². The molecule has 2 heterocycles. The first-order chi connectivity index (χ1) is 13.9. The molecule has 2 N–H and O–H groups in total. The van der Waals surface area contributed by atoms with Crippen LogP contribution in [0.25, 0.3) is 10.9 Å². The Bertz CT molecular complexity index is 1070. The fraction of sp³-hybridized carbons (Fsp3) is 0.333. The number of rotatable bonds is 3. The number of aryl methyl sites for hydroxylation is 3. The molecule has 5 heteroatoms. The summed E-state index contributed by atoms with van der Waals surface area (Å²) >= 11 is 0. The van der Waals surface area contributed by atoms with Gasteiger partial charge < -0.3 is 15.2 Å². The van der Waals surface area contributed by atoms with Crippen molar-refractivity contribution in [3.8, 4) is 0 Å². The zero-order chi connectivity index (χ0) is 20.5. The van der Waals surface area contributed by atoms with E-state index in [-0.39, 0.29) is 17.9 Å². The number of H-pyrrole nitrogens is 1. The Morgan fingerprint density at radius 3 is 2.48 bits per heavy atom. The summed E-state index contributed by atoms with van der Waals surface area (Å²) in [6, 6.07) is 13.6. The molecule has 1 aliphatic heterocycles. The second kappa shape index (κ2) is 7.74. The molecule has 1 saturated heterocycles. The number of hydrogen-bond donors (Lipinski definition) is 2. The van der Waals surface area contributed by atoms with Crippen LogP contribution >= 0.6 is 0 Å². The smallest absolute Gasteiger partial charge is 0.253 e. The number of likely N-dealkylation sites (tertiary alicyclic amines) is 1. The van der Waals surface area contributed by atoms with Crippen molar-refractivity contribution in [3.05, 3.63) is 70.4 Å². The van der Waals surface area contributed by atoms with Gasteiger partial charge in [0, 0.05) is 46.9 Å². The van der Waals surface area contributed by atoms with E-state index in [2.05, 4.69) is 17.2 Å². The van der Waals surface area contributed by atoms with Crippen LogP contribution in [-0.4, -0.2) is 40.8 Å². The van der Waals surface area contributed by atoms with Crippen molar-refractivity contribution in [1.82, 2.24) is 15.2 Å². The van der Waals surface area contributed by atoms with Crippen molar-refractivity contribution in [3.63, 3.8) is 0 Å². The van der Waals surface area contributed by atoms with Gasteiger partial charge in [0.2, 0.25) is 0 Å². The Balaban J connectivity index is 1.39. The SMILES string of the molecule is Cc1ccccc1C(=O)NC1CCN(C(=O)c2ccc3[nH]c(C)c(C)c3c2)CC1. The summed E-state index contributed by atoms with van der Waals surface area (Å²) in [7, 11) is 0. The van der Waals surface area contributed by atoms with Crippen molar-refractivity contribution in [2.75, 3.05) is 13.1 Å². The molecule has 2 aromatic carbocycles. The number of fused-ring (bicyclic) bond motifs is 1. The highest BCUT2D eigenvalue weighted by Crippen LogP contribution is 2.24. The maximum Gasteiger partial charge on any atom is 0.253 e. The maximum atomic E-state index is 13.0. The minimum absolute atomic E-state index is 0.0309. The van der Waals surface area contributed by atoms with E-state index in [0.717, 1.165) is 46.1 Å². The first-order valence-corrected chi connectivity index (χ1v) is 10.2. The summed E-state index contributed by atoms with van der Waals surface area (Å²) in [5.74, 6) is 0.0328. The lowest BCUT2D eigenvalue weighted by molar-refractivity contribution is 0.0698. The van der Waals surface area contributed by atoms with Gasteiger partial charge in [-0.05, 0) is 69.0 Å². The lowest BCUT2D eigenvalue weighted by Gasteiger charge is -2.32. The Kier molecular flexibility index (Phi) is 5.14. The quantitative estimate of drug-likeness (QED) is 0.707. The average molecular weight is 389 g/mol. The van der Waals surface area contributed by atoms with Crippen LogP contribution in [0.5, 0.6) is 0 Å². The Labute approximate surface area is 171 Å². The number of nitrogens with one attached hydrogen (secondary N) is 2. The van der Waals surface area contributed by atoms with Gasteiger partial charge in [0.25, 0.3) is 11.8 Å². The van der Waals surface area contributed by atoms with Crippen LogP contribution in [0.15, 0.2) is 42.5 Å².